The lowest BCUT2D eigenvalue weighted by molar-refractivity contribution is 1.28. The lowest BCUT2D eigenvalue weighted by Crippen LogP contribution is -2.09. The molecule has 0 fully saturated rings. The molecule has 1 heterocycles. The Kier molecular flexibility index (Phi) is 7.59. The Labute approximate surface area is 275 Å². The van der Waals surface area contributed by atoms with Gasteiger partial charge in [-0.05, 0) is 76.3 Å². The number of hydrogen-bond donors (Lipinski definition) is 0. The topological polar surface area (TPSA) is 16.1 Å². The van der Waals surface area contributed by atoms with Gasteiger partial charge in [-0.15, -0.1) is 0 Å². The summed E-state index contributed by atoms with van der Waals surface area (Å²) in [5, 5.41) is 1.13. The predicted molar refractivity (Wildman–Crippen MR) is 198 cm³/mol. The second kappa shape index (κ2) is 12.6. The Morgan fingerprint density at radius 1 is 0.319 bits per heavy atom. The van der Waals surface area contributed by atoms with E-state index in [0.29, 0.717) is 0 Å². The summed E-state index contributed by atoms with van der Waals surface area (Å²) in [4.78, 5) is 7.49. The zero-order valence-corrected chi connectivity index (χ0v) is 25.9. The van der Waals surface area contributed by atoms with Crippen LogP contribution in [0.1, 0.15) is 0 Å². The van der Waals surface area contributed by atoms with E-state index in [1.807, 2.05) is 0 Å². The highest BCUT2D eigenvalue weighted by Gasteiger charge is 2.16. The van der Waals surface area contributed by atoms with E-state index in [1.54, 1.807) is 0 Å². The van der Waals surface area contributed by atoms with Gasteiger partial charge in [-0.3, -0.25) is 0 Å². The number of fused-ring (bicyclic) bond motifs is 1. The molecule has 47 heavy (non-hydrogen) atoms. The zero-order valence-electron chi connectivity index (χ0n) is 25.9. The summed E-state index contributed by atoms with van der Waals surface area (Å²) in [6.07, 6.45) is 0. The summed E-state index contributed by atoms with van der Waals surface area (Å²) >= 11 is 0. The van der Waals surface area contributed by atoms with E-state index >= 15 is 0 Å². The van der Waals surface area contributed by atoms with Crippen molar-refractivity contribution in [1.82, 2.24) is 4.98 Å². The molecule has 0 aliphatic rings. The number of rotatable bonds is 7. The number of nitrogens with zero attached hydrogens (tertiary/aromatic N) is 2. The van der Waals surface area contributed by atoms with Gasteiger partial charge in [0.15, 0.2) is 0 Å². The highest BCUT2D eigenvalue weighted by molar-refractivity contribution is 5.92. The quantitative estimate of drug-likeness (QED) is 0.181. The standard InChI is InChI=1S/C45H32N2/c1-4-12-33(13-5-1)35-20-26-40(27-21-35)47(41-28-22-36(23-29-41)34-14-6-2-7-15-34)42-30-24-38(25-31-42)45-43(37-16-8-3-9-17-37)32-39-18-10-11-19-44(39)46-45/h1-32H. The molecule has 0 aliphatic carbocycles. The van der Waals surface area contributed by atoms with E-state index in [9.17, 15) is 0 Å². The van der Waals surface area contributed by atoms with Gasteiger partial charge < -0.3 is 4.90 Å². The van der Waals surface area contributed by atoms with Crippen molar-refractivity contribution in [1.29, 1.82) is 0 Å². The van der Waals surface area contributed by atoms with Crippen LogP contribution in [0.25, 0.3) is 55.5 Å². The molecule has 0 unspecified atom stereocenters. The maximum atomic E-state index is 5.18. The Bertz CT molecular complexity index is 2160. The molecule has 2 nitrogen and oxygen atoms in total. The van der Waals surface area contributed by atoms with Crippen molar-refractivity contribution in [2.75, 3.05) is 4.90 Å². The first-order chi connectivity index (χ1) is 23.3. The van der Waals surface area contributed by atoms with Gasteiger partial charge in [0, 0.05) is 33.6 Å². The minimum absolute atomic E-state index is 0.979. The van der Waals surface area contributed by atoms with Crippen molar-refractivity contribution in [3.8, 4) is 44.6 Å². The Hall–Kier alpha value is -6.25. The van der Waals surface area contributed by atoms with Gasteiger partial charge in [0.25, 0.3) is 0 Å². The van der Waals surface area contributed by atoms with Gasteiger partial charge >= 0.3 is 0 Å². The molecule has 0 radical (unpaired) electrons. The average molecular weight is 601 g/mol. The number of anilines is 3. The normalized spacial score (nSPS) is 11.0. The number of aromatic nitrogens is 1. The maximum absolute atomic E-state index is 5.18. The first-order valence-electron chi connectivity index (χ1n) is 16.0. The van der Waals surface area contributed by atoms with Crippen LogP contribution in [0.15, 0.2) is 194 Å². The fourth-order valence-electron chi connectivity index (χ4n) is 6.26. The van der Waals surface area contributed by atoms with E-state index < -0.39 is 0 Å². The van der Waals surface area contributed by atoms with Crippen LogP contribution in [0.3, 0.4) is 0 Å². The maximum Gasteiger partial charge on any atom is 0.0788 e. The molecule has 7 aromatic carbocycles. The summed E-state index contributed by atoms with van der Waals surface area (Å²) < 4.78 is 0. The second-order valence-corrected chi connectivity index (χ2v) is 11.7. The lowest BCUT2D eigenvalue weighted by Gasteiger charge is -2.26. The highest BCUT2D eigenvalue weighted by atomic mass is 15.1. The van der Waals surface area contributed by atoms with Gasteiger partial charge in [-0.2, -0.15) is 0 Å². The predicted octanol–water partition coefficient (Wildman–Crippen LogP) is 12.4. The molecule has 222 valence electrons. The number of pyridine rings is 1. The van der Waals surface area contributed by atoms with Crippen molar-refractivity contribution in [3.63, 3.8) is 0 Å². The Morgan fingerprint density at radius 3 is 1.19 bits per heavy atom. The van der Waals surface area contributed by atoms with Gasteiger partial charge in [0.2, 0.25) is 0 Å². The first-order valence-corrected chi connectivity index (χ1v) is 16.0. The van der Waals surface area contributed by atoms with Crippen molar-refractivity contribution < 1.29 is 0 Å². The highest BCUT2D eigenvalue weighted by Crippen LogP contribution is 2.39. The smallest absolute Gasteiger partial charge is 0.0788 e. The number of hydrogen-bond acceptors (Lipinski definition) is 2. The van der Waals surface area contributed by atoms with Crippen LogP contribution in [-0.4, -0.2) is 4.98 Å². The summed E-state index contributed by atoms with van der Waals surface area (Å²) in [7, 11) is 0. The minimum atomic E-state index is 0.979. The molecule has 1 aromatic heterocycles. The SMILES string of the molecule is c1ccc(-c2ccc(N(c3ccc(-c4ccccc4)cc3)c3ccc(-c4nc5ccccc5cc4-c4ccccc4)cc3)cc2)cc1. The van der Waals surface area contributed by atoms with Crippen molar-refractivity contribution in [2.24, 2.45) is 0 Å². The summed E-state index contributed by atoms with van der Waals surface area (Å²) in [6, 6.07) is 68.6. The third-order valence-corrected chi connectivity index (χ3v) is 8.67. The van der Waals surface area contributed by atoms with E-state index in [-0.39, 0.29) is 0 Å². The second-order valence-electron chi connectivity index (χ2n) is 11.7. The van der Waals surface area contributed by atoms with Crippen molar-refractivity contribution >= 4 is 28.0 Å². The van der Waals surface area contributed by atoms with Crippen molar-refractivity contribution in [2.45, 2.75) is 0 Å². The van der Waals surface area contributed by atoms with Crippen LogP contribution >= 0.6 is 0 Å². The van der Waals surface area contributed by atoms with E-state index in [1.165, 1.54) is 22.3 Å². The third-order valence-electron chi connectivity index (χ3n) is 8.67. The largest absolute Gasteiger partial charge is 0.311 e. The van der Waals surface area contributed by atoms with Crippen LogP contribution in [-0.2, 0) is 0 Å². The van der Waals surface area contributed by atoms with Crippen LogP contribution < -0.4 is 4.90 Å². The van der Waals surface area contributed by atoms with Crippen molar-refractivity contribution in [3.05, 3.63) is 194 Å². The van der Waals surface area contributed by atoms with Gasteiger partial charge in [-0.1, -0.05) is 146 Å². The molecule has 2 heteroatoms. The molecule has 8 rings (SSSR count). The fraction of sp³-hybridized carbons (Fsp3) is 0. The summed E-state index contributed by atoms with van der Waals surface area (Å²) in [5.41, 5.74) is 13.4. The molecule has 0 saturated carbocycles. The number of para-hydroxylation sites is 1. The minimum Gasteiger partial charge on any atom is -0.311 e. The Balaban J connectivity index is 1.21. The molecule has 0 spiro atoms. The average Bonchev–Trinajstić information content (AvgIpc) is 3.16. The molecule has 0 atom stereocenters. The summed E-state index contributed by atoms with van der Waals surface area (Å²) in [5.74, 6) is 0. The van der Waals surface area contributed by atoms with Crippen LogP contribution in [0.4, 0.5) is 17.1 Å². The van der Waals surface area contributed by atoms with Crippen LogP contribution in [0.5, 0.6) is 0 Å². The molecule has 0 aliphatic heterocycles. The van der Waals surface area contributed by atoms with Crippen LogP contribution in [0, 0.1) is 0 Å². The molecular weight excluding hydrogens is 569 g/mol. The molecule has 0 saturated heterocycles. The summed E-state index contributed by atoms with van der Waals surface area (Å²) in [6.45, 7) is 0. The third kappa shape index (κ3) is 5.81. The number of benzene rings is 7. The van der Waals surface area contributed by atoms with E-state index in [0.717, 1.165) is 50.3 Å². The molecule has 0 bridgehead atoms. The van der Waals surface area contributed by atoms with Gasteiger partial charge in [0.05, 0.1) is 11.2 Å². The zero-order chi connectivity index (χ0) is 31.4. The molecule has 8 aromatic rings. The van der Waals surface area contributed by atoms with E-state index in [2.05, 4.69) is 199 Å². The van der Waals surface area contributed by atoms with Crippen LogP contribution in [0.2, 0.25) is 0 Å². The lowest BCUT2D eigenvalue weighted by atomic mass is 9.97. The molecular formula is C45H32N2. The van der Waals surface area contributed by atoms with Gasteiger partial charge in [0.1, 0.15) is 0 Å². The molecule has 0 amide bonds. The fourth-order valence-corrected chi connectivity index (χ4v) is 6.26. The first kappa shape index (κ1) is 28.2. The van der Waals surface area contributed by atoms with Gasteiger partial charge in [-0.25, -0.2) is 4.98 Å². The molecule has 0 N–H and O–H groups in total. The van der Waals surface area contributed by atoms with E-state index in [4.69, 9.17) is 4.98 Å². The monoisotopic (exact) mass is 600 g/mol. The Morgan fingerprint density at radius 2 is 0.702 bits per heavy atom.